The first-order valence-corrected chi connectivity index (χ1v) is 7.27. The van der Waals surface area contributed by atoms with E-state index in [1.54, 1.807) is 0 Å². The van der Waals surface area contributed by atoms with E-state index in [9.17, 15) is 4.79 Å². The topological polar surface area (TPSA) is 45.7 Å². The van der Waals surface area contributed by atoms with Crippen molar-refractivity contribution in [1.29, 1.82) is 0 Å². The van der Waals surface area contributed by atoms with Crippen molar-refractivity contribution in [3.8, 4) is 0 Å². The van der Waals surface area contributed by atoms with Crippen LogP contribution >= 0.6 is 0 Å². The number of methoxy groups -OCH3 is 1. The van der Waals surface area contributed by atoms with Gasteiger partial charge in [0.05, 0.1) is 7.11 Å². The average molecular weight is 275 g/mol. The van der Waals surface area contributed by atoms with Crippen molar-refractivity contribution >= 4 is 11.8 Å². The summed E-state index contributed by atoms with van der Waals surface area (Å²) in [5.41, 5.74) is 0. The monoisotopic (exact) mass is 275 g/mol. The SMILES string of the molecule is COC(=O)C(C1CC1)N1CCN(c2ccccn2)CC1. The van der Waals surface area contributed by atoms with Crippen molar-refractivity contribution in [2.24, 2.45) is 5.92 Å². The Balaban J connectivity index is 1.61. The number of pyridine rings is 1. The molecular formula is C15H21N3O2. The van der Waals surface area contributed by atoms with Crippen molar-refractivity contribution in [2.45, 2.75) is 18.9 Å². The Morgan fingerprint density at radius 1 is 1.30 bits per heavy atom. The van der Waals surface area contributed by atoms with E-state index in [1.807, 2.05) is 24.4 Å². The van der Waals surface area contributed by atoms with Gasteiger partial charge in [-0.25, -0.2) is 4.98 Å². The first kappa shape index (κ1) is 13.4. The van der Waals surface area contributed by atoms with E-state index in [-0.39, 0.29) is 12.0 Å². The summed E-state index contributed by atoms with van der Waals surface area (Å²) in [5, 5.41) is 0. The third kappa shape index (κ3) is 2.77. The molecule has 1 atom stereocenters. The molecule has 1 aliphatic carbocycles. The van der Waals surface area contributed by atoms with Gasteiger partial charge in [-0.15, -0.1) is 0 Å². The van der Waals surface area contributed by atoms with Gasteiger partial charge in [0.2, 0.25) is 0 Å². The minimum absolute atomic E-state index is 0.0362. The van der Waals surface area contributed by atoms with Gasteiger partial charge in [-0.1, -0.05) is 6.07 Å². The molecule has 2 heterocycles. The van der Waals surface area contributed by atoms with Gasteiger partial charge in [-0.2, -0.15) is 0 Å². The van der Waals surface area contributed by atoms with Crippen molar-refractivity contribution in [3.63, 3.8) is 0 Å². The Kier molecular flexibility index (Phi) is 3.87. The highest BCUT2D eigenvalue weighted by Crippen LogP contribution is 2.36. The predicted molar refractivity (Wildman–Crippen MR) is 76.6 cm³/mol. The highest BCUT2D eigenvalue weighted by Gasteiger charge is 2.41. The van der Waals surface area contributed by atoms with E-state index in [2.05, 4.69) is 14.8 Å². The summed E-state index contributed by atoms with van der Waals surface area (Å²) >= 11 is 0. The Bertz CT molecular complexity index is 453. The number of nitrogens with zero attached hydrogens (tertiary/aromatic N) is 3. The van der Waals surface area contributed by atoms with Gasteiger partial charge >= 0.3 is 5.97 Å². The van der Waals surface area contributed by atoms with Crippen LogP contribution in [0.3, 0.4) is 0 Å². The molecule has 5 nitrogen and oxygen atoms in total. The lowest BCUT2D eigenvalue weighted by atomic mass is 10.1. The van der Waals surface area contributed by atoms with Crippen LogP contribution in [0.15, 0.2) is 24.4 Å². The molecule has 0 amide bonds. The standard InChI is InChI=1S/C15H21N3O2/c1-20-15(19)14(12-5-6-12)18-10-8-17(9-11-18)13-4-2-3-7-16-13/h2-4,7,12,14H,5-6,8-11H2,1H3. The van der Waals surface area contributed by atoms with Crippen LogP contribution in [0.1, 0.15) is 12.8 Å². The molecule has 2 aliphatic rings. The second-order valence-corrected chi connectivity index (χ2v) is 5.52. The second kappa shape index (κ2) is 5.79. The van der Waals surface area contributed by atoms with E-state index in [1.165, 1.54) is 7.11 Å². The minimum atomic E-state index is -0.0706. The number of aromatic nitrogens is 1. The summed E-state index contributed by atoms with van der Waals surface area (Å²) in [6, 6.07) is 5.94. The van der Waals surface area contributed by atoms with Crippen LogP contribution < -0.4 is 4.90 Å². The zero-order valence-corrected chi connectivity index (χ0v) is 11.9. The lowest BCUT2D eigenvalue weighted by Gasteiger charge is -2.38. The third-order valence-corrected chi connectivity index (χ3v) is 4.19. The smallest absolute Gasteiger partial charge is 0.323 e. The third-order valence-electron chi connectivity index (χ3n) is 4.19. The van der Waals surface area contributed by atoms with E-state index in [0.29, 0.717) is 5.92 Å². The number of ether oxygens (including phenoxy) is 1. The Morgan fingerprint density at radius 2 is 2.05 bits per heavy atom. The molecule has 0 spiro atoms. The van der Waals surface area contributed by atoms with E-state index in [4.69, 9.17) is 4.74 Å². The lowest BCUT2D eigenvalue weighted by Crippen LogP contribution is -2.54. The summed E-state index contributed by atoms with van der Waals surface area (Å²) in [6.45, 7) is 3.62. The number of piperazine rings is 1. The summed E-state index contributed by atoms with van der Waals surface area (Å²) in [7, 11) is 1.49. The van der Waals surface area contributed by atoms with Crippen LogP contribution in [0.25, 0.3) is 0 Å². The van der Waals surface area contributed by atoms with Gasteiger partial charge in [0.15, 0.2) is 0 Å². The predicted octanol–water partition coefficient (Wildman–Crippen LogP) is 1.16. The van der Waals surface area contributed by atoms with Crippen molar-refractivity contribution in [1.82, 2.24) is 9.88 Å². The van der Waals surface area contributed by atoms with Crippen LogP contribution in [0, 0.1) is 5.92 Å². The van der Waals surface area contributed by atoms with Gasteiger partial charge in [-0.3, -0.25) is 9.69 Å². The molecule has 3 rings (SSSR count). The fourth-order valence-corrected chi connectivity index (χ4v) is 2.94. The van der Waals surface area contributed by atoms with Crippen LogP contribution in [0.2, 0.25) is 0 Å². The minimum Gasteiger partial charge on any atom is -0.468 e. The quantitative estimate of drug-likeness (QED) is 0.772. The van der Waals surface area contributed by atoms with E-state index >= 15 is 0 Å². The summed E-state index contributed by atoms with van der Waals surface area (Å²) in [4.78, 5) is 20.9. The zero-order chi connectivity index (χ0) is 13.9. The Morgan fingerprint density at radius 3 is 2.60 bits per heavy atom. The first-order valence-electron chi connectivity index (χ1n) is 7.27. The molecule has 1 aliphatic heterocycles. The molecule has 1 unspecified atom stereocenters. The number of hydrogen-bond acceptors (Lipinski definition) is 5. The maximum Gasteiger partial charge on any atom is 0.323 e. The number of carbonyl (C=O) groups excluding carboxylic acids is 1. The Labute approximate surface area is 119 Å². The largest absolute Gasteiger partial charge is 0.468 e. The number of anilines is 1. The molecule has 1 saturated heterocycles. The molecule has 108 valence electrons. The fraction of sp³-hybridized carbons (Fsp3) is 0.600. The summed E-state index contributed by atoms with van der Waals surface area (Å²) in [6.07, 6.45) is 4.13. The van der Waals surface area contributed by atoms with Crippen LogP contribution in [-0.2, 0) is 9.53 Å². The maximum absolute atomic E-state index is 12.0. The normalized spacial score (nSPS) is 21.6. The van der Waals surface area contributed by atoms with Gasteiger partial charge < -0.3 is 9.64 Å². The van der Waals surface area contributed by atoms with Gasteiger partial charge in [0.1, 0.15) is 11.9 Å². The van der Waals surface area contributed by atoms with Gasteiger partial charge in [0, 0.05) is 32.4 Å². The summed E-state index contributed by atoms with van der Waals surface area (Å²) < 4.78 is 4.97. The highest BCUT2D eigenvalue weighted by molar-refractivity contribution is 5.76. The Hall–Kier alpha value is -1.62. The number of hydrogen-bond donors (Lipinski definition) is 0. The lowest BCUT2D eigenvalue weighted by molar-refractivity contribution is -0.148. The molecule has 0 bridgehead atoms. The van der Waals surface area contributed by atoms with Gasteiger partial charge in [-0.05, 0) is 30.9 Å². The van der Waals surface area contributed by atoms with Crippen LogP contribution in [-0.4, -0.2) is 55.2 Å². The first-order chi connectivity index (χ1) is 9.79. The van der Waals surface area contributed by atoms with Crippen molar-refractivity contribution < 1.29 is 9.53 Å². The molecule has 20 heavy (non-hydrogen) atoms. The molecule has 0 aromatic carbocycles. The molecule has 0 radical (unpaired) electrons. The zero-order valence-electron chi connectivity index (χ0n) is 11.9. The maximum atomic E-state index is 12.0. The number of rotatable bonds is 4. The molecule has 2 fully saturated rings. The molecule has 1 aromatic rings. The van der Waals surface area contributed by atoms with E-state index < -0.39 is 0 Å². The van der Waals surface area contributed by atoms with Gasteiger partial charge in [0.25, 0.3) is 0 Å². The second-order valence-electron chi connectivity index (χ2n) is 5.52. The van der Waals surface area contributed by atoms with Crippen molar-refractivity contribution in [3.05, 3.63) is 24.4 Å². The average Bonchev–Trinajstić information content (AvgIpc) is 3.34. The molecule has 1 saturated carbocycles. The highest BCUT2D eigenvalue weighted by atomic mass is 16.5. The van der Waals surface area contributed by atoms with Crippen LogP contribution in [0.4, 0.5) is 5.82 Å². The molecular weight excluding hydrogens is 254 g/mol. The van der Waals surface area contributed by atoms with Crippen LogP contribution in [0.5, 0.6) is 0 Å². The number of esters is 1. The number of carbonyl (C=O) groups is 1. The molecule has 5 heteroatoms. The van der Waals surface area contributed by atoms with E-state index in [0.717, 1.165) is 44.8 Å². The molecule has 0 N–H and O–H groups in total. The summed E-state index contributed by atoms with van der Waals surface area (Å²) in [5.74, 6) is 1.45. The fourth-order valence-electron chi connectivity index (χ4n) is 2.94. The molecule has 1 aromatic heterocycles. The van der Waals surface area contributed by atoms with Crippen molar-refractivity contribution in [2.75, 3.05) is 38.2 Å².